The van der Waals surface area contributed by atoms with Crippen LogP contribution in [0, 0.1) is 0 Å². The zero-order valence-electron chi connectivity index (χ0n) is 15.1. The number of benzene rings is 2. The number of amides is 2. The molecule has 1 aliphatic heterocycles. The largest absolute Gasteiger partial charge is 0.493 e. The molecule has 0 atom stereocenters. The predicted octanol–water partition coefficient (Wildman–Crippen LogP) is 2.56. The van der Waals surface area contributed by atoms with Gasteiger partial charge in [-0.05, 0) is 17.7 Å². The third kappa shape index (κ3) is 4.89. The van der Waals surface area contributed by atoms with Gasteiger partial charge in [-0.15, -0.1) is 0 Å². The van der Waals surface area contributed by atoms with Gasteiger partial charge in [-0.1, -0.05) is 42.5 Å². The molecule has 1 heterocycles. The van der Waals surface area contributed by atoms with Gasteiger partial charge in [0.1, 0.15) is 0 Å². The van der Waals surface area contributed by atoms with Crippen molar-refractivity contribution < 1.29 is 14.3 Å². The van der Waals surface area contributed by atoms with E-state index < -0.39 is 0 Å². The quantitative estimate of drug-likeness (QED) is 0.809. The van der Waals surface area contributed by atoms with E-state index in [0.29, 0.717) is 24.6 Å². The molecule has 1 N–H and O–H groups in total. The fourth-order valence-electron chi connectivity index (χ4n) is 2.98. The van der Waals surface area contributed by atoms with Gasteiger partial charge in [0.15, 0.2) is 18.2 Å². The van der Waals surface area contributed by atoms with Crippen LogP contribution in [0.5, 0.6) is 11.5 Å². The summed E-state index contributed by atoms with van der Waals surface area (Å²) < 4.78 is 10.8. The van der Waals surface area contributed by atoms with Crippen molar-refractivity contribution in [1.29, 1.82) is 0 Å². The average molecular weight is 355 g/mol. The molecule has 2 amide bonds. The number of carbonyl (C=O) groups is 1. The second-order valence-electron chi connectivity index (χ2n) is 6.17. The lowest BCUT2D eigenvalue weighted by atomic mass is 10.2. The van der Waals surface area contributed by atoms with E-state index in [2.05, 4.69) is 34.5 Å². The highest BCUT2D eigenvalue weighted by Crippen LogP contribution is 2.25. The summed E-state index contributed by atoms with van der Waals surface area (Å²) in [7, 11) is 1.59. The van der Waals surface area contributed by atoms with Gasteiger partial charge in [0.05, 0.1) is 7.11 Å². The molecular weight excluding hydrogens is 330 g/mol. The summed E-state index contributed by atoms with van der Waals surface area (Å²) in [6.45, 7) is 4.21. The summed E-state index contributed by atoms with van der Waals surface area (Å²) in [6, 6.07) is 17.7. The molecule has 26 heavy (non-hydrogen) atoms. The standard InChI is InChI=1S/C20H25N3O3/c1-25-18-9-5-6-10-19(18)26-16-21-20(24)23-13-11-22(12-14-23)15-17-7-3-2-4-8-17/h2-10H,11-16H2,1H3,(H,21,24). The van der Waals surface area contributed by atoms with Crippen molar-refractivity contribution in [3.05, 3.63) is 60.2 Å². The molecule has 138 valence electrons. The van der Waals surface area contributed by atoms with Crippen LogP contribution in [0.4, 0.5) is 4.79 Å². The summed E-state index contributed by atoms with van der Waals surface area (Å²) in [5.74, 6) is 1.26. The van der Waals surface area contributed by atoms with Crippen LogP contribution in [0.25, 0.3) is 0 Å². The highest BCUT2D eigenvalue weighted by molar-refractivity contribution is 5.74. The molecule has 0 spiro atoms. The number of hydrogen-bond acceptors (Lipinski definition) is 4. The van der Waals surface area contributed by atoms with Crippen LogP contribution in [0.2, 0.25) is 0 Å². The van der Waals surface area contributed by atoms with E-state index in [1.807, 2.05) is 35.2 Å². The van der Waals surface area contributed by atoms with Gasteiger partial charge in [0.25, 0.3) is 0 Å². The van der Waals surface area contributed by atoms with Crippen LogP contribution in [0.3, 0.4) is 0 Å². The first-order valence-electron chi connectivity index (χ1n) is 8.81. The topological polar surface area (TPSA) is 54.0 Å². The van der Waals surface area contributed by atoms with Crippen LogP contribution in [0.15, 0.2) is 54.6 Å². The molecule has 2 aromatic carbocycles. The van der Waals surface area contributed by atoms with Gasteiger partial charge in [0, 0.05) is 32.7 Å². The number of rotatable bonds is 6. The number of nitrogens with zero attached hydrogens (tertiary/aromatic N) is 2. The van der Waals surface area contributed by atoms with Crippen molar-refractivity contribution in [3.63, 3.8) is 0 Å². The van der Waals surface area contributed by atoms with Crippen LogP contribution in [-0.2, 0) is 6.54 Å². The Hall–Kier alpha value is -2.73. The Balaban J connectivity index is 1.39. The molecule has 0 unspecified atom stereocenters. The highest BCUT2D eigenvalue weighted by Gasteiger charge is 2.20. The Labute approximate surface area is 154 Å². The number of ether oxygens (including phenoxy) is 2. The molecule has 3 rings (SSSR count). The third-order valence-corrected chi connectivity index (χ3v) is 4.43. The summed E-state index contributed by atoms with van der Waals surface area (Å²) in [6.07, 6.45) is 0. The van der Waals surface area contributed by atoms with Gasteiger partial charge in [-0.3, -0.25) is 4.90 Å². The van der Waals surface area contributed by atoms with Gasteiger partial charge in [-0.2, -0.15) is 0 Å². The Morgan fingerprint density at radius 2 is 1.62 bits per heavy atom. The molecular formula is C20H25N3O3. The summed E-state index contributed by atoms with van der Waals surface area (Å²) >= 11 is 0. The third-order valence-electron chi connectivity index (χ3n) is 4.43. The van der Waals surface area contributed by atoms with E-state index in [9.17, 15) is 4.79 Å². The smallest absolute Gasteiger partial charge is 0.320 e. The number of carbonyl (C=O) groups excluding carboxylic acids is 1. The molecule has 6 nitrogen and oxygen atoms in total. The first-order chi connectivity index (χ1) is 12.8. The Morgan fingerprint density at radius 3 is 2.31 bits per heavy atom. The Kier molecular flexibility index (Phi) is 6.33. The van der Waals surface area contributed by atoms with E-state index in [1.165, 1.54) is 5.56 Å². The van der Waals surface area contributed by atoms with Crippen molar-refractivity contribution in [1.82, 2.24) is 15.1 Å². The van der Waals surface area contributed by atoms with Crippen molar-refractivity contribution in [3.8, 4) is 11.5 Å². The fourth-order valence-corrected chi connectivity index (χ4v) is 2.98. The van der Waals surface area contributed by atoms with Crippen molar-refractivity contribution in [2.24, 2.45) is 0 Å². The molecule has 1 saturated heterocycles. The van der Waals surface area contributed by atoms with E-state index in [4.69, 9.17) is 9.47 Å². The van der Waals surface area contributed by atoms with Crippen LogP contribution in [0.1, 0.15) is 5.56 Å². The van der Waals surface area contributed by atoms with Crippen LogP contribution in [-0.4, -0.2) is 55.9 Å². The van der Waals surface area contributed by atoms with Gasteiger partial charge in [-0.25, -0.2) is 4.79 Å². The SMILES string of the molecule is COc1ccccc1OCNC(=O)N1CCN(Cc2ccccc2)CC1. The average Bonchev–Trinajstić information content (AvgIpc) is 2.69. The minimum absolute atomic E-state index is 0.0979. The van der Waals surface area contributed by atoms with Crippen LogP contribution >= 0.6 is 0 Å². The molecule has 1 aliphatic rings. The zero-order chi connectivity index (χ0) is 18.2. The summed E-state index contributed by atoms with van der Waals surface area (Å²) in [5, 5.41) is 2.81. The van der Waals surface area contributed by atoms with E-state index in [1.54, 1.807) is 7.11 Å². The first-order valence-corrected chi connectivity index (χ1v) is 8.81. The maximum atomic E-state index is 12.3. The second kappa shape index (κ2) is 9.10. The predicted molar refractivity (Wildman–Crippen MR) is 100 cm³/mol. The van der Waals surface area contributed by atoms with E-state index >= 15 is 0 Å². The fraction of sp³-hybridized carbons (Fsp3) is 0.350. The molecule has 6 heteroatoms. The first kappa shape index (κ1) is 18.1. The van der Waals surface area contributed by atoms with Gasteiger partial charge >= 0.3 is 6.03 Å². The van der Waals surface area contributed by atoms with E-state index in [-0.39, 0.29) is 12.8 Å². The number of para-hydroxylation sites is 2. The number of piperazine rings is 1. The zero-order valence-corrected chi connectivity index (χ0v) is 15.1. The van der Waals surface area contributed by atoms with Crippen molar-refractivity contribution >= 4 is 6.03 Å². The van der Waals surface area contributed by atoms with Crippen molar-refractivity contribution in [2.75, 3.05) is 40.0 Å². The number of hydrogen-bond donors (Lipinski definition) is 1. The maximum absolute atomic E-state index is 12.3. The lowest BCUT2D eigenvalue weighted by molar-refractivity contribution is 0.130. The van der Waals surface area contributed by atoms with Gasteiger partial charge < -0.3 is 19.7 Å². The summed E-state index contributed by atoms with van der Waals surface area (Å²) in [4.78, 5) is 16.5. The molecule has 1 fully saturated rings. The Bertz CT molecular complexity index is 700. The number of methoxy groups -OCH3 is 1. The Morgan fingerprint density at radius 1 is 0.962 bits per heavy atom. The number of urea groups is 1. The summed E-state index contributed by atoms with van der Waals surface area (Å²) in [5.41, 5.74) is 1.30. The molecule has 2 aromatic rings. The number of nitrogens with one attached hydrogen (secondary N) is 1. The highest BCUT2D eigenvalue weighted by atomic mass is 16.5. The van der Waals surface area contributed by atoms with Gasteiger partial charge in [0.2, 0.25) is 0 Å². The molecule has 0 aliphatic carbocycles. The minimum atomic E-state index is -0.0979. The van der Waals surface area contributed by atoms with Crippen molar-refractivity contribution in [2.45, 2.75) is 6.54 Å². The minimum Gasteiger partial charge on any atom is -0.493 e. The molecule has 0 aromatic heterocycles. The maximum Gasteiger partial charge on any atom is 0.320 e. The van der Waals surface area contributed by atoms with E-state index in [0.717, 1.165) is 19.6 Å². The monoisotopic (exact) mass is 355 g/mol. The van der Waals surface area contributed by atoms with Crippen LogP contribution < -0.4 is 14.8 Å². The lowest BCUT2D eigenvalue weighted by Gasteiger charge is -2.34. The lowest BCUT2D eigenvalue weighted by Crippen LogP contribution is -2.51. The molecule has 0 bridgehead atoms. The molecule has 0 radical (unpaired) electrons. The normalized spacial score (nSPS) is 14.7. The molecule has 0 saturated carbocycles. The second-order valence-corrected chi connectivity index (χ2v) is 6.17.